The van der Waals surface area contributed by atoms with Gasteiger partial charge in [0.1, 0.15) is 5.82 Å². The number of amides is 2. The maximum Gasteiger partial charge on any atom is 0.258 e. The Morgan fingerprint density at radius 1 is 1.10 bits per heavy atom. The van der Waals surface area contributed by atoms with Crippen molar-refractivity contribution in [2.75, 3.05) is 17.2 Å². The van der Waals surface area contributed by atoms with Crippen LogP contribution in [0, 0.1) is 0 Å². The van der Waals surface area contributed by atoms with Crippen molar-refractivity contribution in [3.8, 4) is 0 Å². The summed E-state index contributed by atoms with van der Waals surface area (Å²) in [5.41, 5.74) is 1.41. The van der Waals surface area contributed by atoms with Crippen molar-refractivity contribution in [3.05, 3.63) is 81.1 Å². The third kappa shape index (κ3) is 4.92. The fourth-order valence-electron chi connectivity index (χ4n) is 3.42. The van der Waals surface area contributed by atoms with Crippen LogP contribution < -0.4 is 21.5 Å². The summed E-state index contributed by atoms with van der Waals surface area (Å²) in [6.07, 6.45) is 0.538. The van der Waals surface area contributed by atoms with E-state index in [0.29, 0.717) is 23.7 Å². The minimum atomic E-state index is -0.902. The number of H-pyrrole nitrogens is 1. The molecule has 0 saturated carbocycles. The number of nitrogens with one attached hydrogen (secondary N) is 4. The first-order chi connectivity index (χ1) is 15.0. The van der Waals surface area contributed by atoms with Crippen LogP contribution in [-0.2, 0) is 16.0 Å². The van der Waals surface area contributed by atoms with Gasteiger partial charge >= 0.3 is 0 Å². The molecule has 1 aliphatic heterocycles. The summed E-state index contributed by atoms with van der Waals surface area (Å²) < 4.78 is 0. The van der Waals surface area contributed by atoms with Crippen LogP contribution >= 0.6 is 11.6 Å². The number of carbonyl (C=O) groups excluding carboxylic acids is 2. The van der Waals surface area contributed by atoms with E-state index in [4.69, 9.17) is 11.6 Å². The maximum atomic E-state index is 12.8. The van der Waals surface area contributed by atoms with Crippen molar-refractivity contribution in [1.29, 1.82) is 0 Å². The minimum Gasteiger partial charge on any atom is -0.355 e. The molecule has 158 valence electrons. The number of aromatic nitrogens is 2. The van der Waals surface area contributed by atoms with Gasteiger partial charge in [0.05, 0.1) is 11.5 Å². The molecule has 0 unspecified atom stereocenters. The lowest BCUT2D eigenvalue weighted by Gasteiger charge is -2.23. The van der Waals surface area contributed by atoms with E-state index in [0.717, 1.165) is 5.56 Å². The molecule has 3 aromatic rings. The number of hydrogen-bond donors (Lipinski definition) is 4. The number of anilines is 3. The molecule has 0 bridgehead atoms. The Balaban J connectivity index is 1.51. The Kier molecular flexibility index (Phi) is 5.99. The summed E-state index contributed by atoms with van der Waals surface area (Å²) in [6.45, 7) is 0.401. The van der Waals surface area contributed by atoms with E-state index in [-0.39, 0.29) is 35.6 Å². The number of hydrogen-bond acceptors (Lipinski definition) is 5. The van der Waals surface area contributed by atoms with Crippen molar-refractivity contribution in [1.82, 2.24) is 15.3 Å². The van der Waals surface area contributed by atoms with Gasteiger partial charge < -0.3 is 16.0 Å². The second-order valence-corrected chi connectivity index (χ2v) is 7.58. The van der Waals surface area contributed by atoms with Crippen molar-refractivity contribution in [2.45, 2.75) is 18.8 Å². The third-order valence-corrected chi connectivity index (χ3v) is 5.18. The minimum absolute atomic E-state index is 0.0830. The molecule has 0 spiro atoms. The zero-order valence-electron chi connectivity index (χ0n) is 16.4. The Morgan fingerprint density at radius 3 is 2.58 bits per heavy atom. The topological polar surface area (TPSA) is 116 Å². The van der Waals surface area contributed by atoms with Gasteiger partial charge in [-0.1, -0.05) is 41.9 Å². The Bertz CT molecular complexity index is 1160. The van der Waals surface area contributed by atoms with Gasteiger partial charge in [0.25, 0.3) is 5.56 Å². The first-order valence-corrected chi connectivity index (χ1v) is 10.2. The van der Waals surface area contributed by atoms with Crippen LogP contribution in [0.25, 0.3) is 0 Å². The molecule has 0 saturated heterocycles. The van der Waals surface area contributed by atoms with Crippen LogP contribution in [0.3, 0.4) is 0 Å². The van der Waals surface area contributed by atoms with Gasteiger partial charge in [-0.25, -0.2) is 0 Å². The van der Waals surface area contributed by atoms with E-state index in [1.165, 1.54) is 0 Å². The van der Waals surface area contributed by atoms with Crippen molar-refractivity contribution in [3.63, 3.8) is 0 Å². The number of rotatable bonds is 6. The van der Waals surface area contributed by atoms with Crippen molar-refractivity contribution < 1.29 is 9.59 Å². The van der Waals surface area contributed by atoms with Gasteiger partial charge in [0.2, 0.25) is 17.8 Å². The van der Waals surface area contributed by atoms with E-state index in [1.54, 1.807) is 24.3 Å². The second-order valence-electron chi connectivity index (χ2n) is 7.14. The summed E-state index contributed by atoms with van der Waals surface area (Å²) in [5.74, 6) is -1.42. The van der Waals surface area contributed by atoms with Crippen LogP contribution in [-0.4, -0.2) is 28.3 Å². The Labute approximate surface area is 183 Å². The summed E-state index contributed by atoms with van der Waals surface area (Å²) in [4.78, 5) is 44.6. The van der Waals surface area contributed by atoms with Gasteiger partial charge in [-0.3, -0.25) is 19.4 Å². The molecule has 8 nitrogen and oxygen atoms in total. The largest absolute Gasteiger partial charge is 0.355 e. The number of benzene rings is 2. The zero-order chi connectivity index (χ0) is 21.8. The average Bonchev–Trinajstić information content (AvgIpc) is 2.75. The number of halogens is 1. The highest BCUT2D eigenvalue weighted by molar-refractivity contribution is 6.30. The summed E-state index contributed by atoms with van der Waals surface area (Å²) >= 11 is 5.88. The van der Waals surface area contributed by atoms with Crippen LogP contribution in [0.4, 0.5) is 17.5 Å². The highest BCUT2D eigenvalue weighted by Gasteiger charge is 2.34. The van der Waals surface area contributed by atoms with Crippen molar-refractivity contribution in [2.24, 2.45) is 0 Å². The van der Waals surface area contributed by atoms with Crippen LogP contribution in [0.5, 0.6) is 0 Å². The molecule has 4 N–H and O–H groups in total. The van der Waals surface area contributed by atoms with Gasteiger partial charge in [0.15, 0.2) is 0 Å². The quantitative estimate of drug-likeness (QED) is 0.473. The maximum absolute atomic E-state index is 12.8. The molecular weight excluding hydrogens is 418 g/mol. The molecule has 0 fully saturated rings. The smallest absolute Gasteiger partial charge is 0.258 e. The van der Waals surface area contributed by atoms with E-state index in [9.17, 15) is 14.4 Å². The van der Waals surface area contributed by atoms with E-state index < -0.39 is 11.5 Å². The zero-order valence-corrected chi connectivity index (χ0v) is 17.2. The molecule has 1 aromatic heterocycles. The van der Waals surface area contributed by atoms with Gasteiger partial charge in [-0.15, -0.1) is 0 Å². The Morgan fingerprint density at radius 2 is 1.84 bits per heavy atom. The predicted molar refractivity (Wildman–Crippen MR) is 119 cm³/mol. The number of carbonyl (C=O) groups is 2. The van der Waals surface area contributed by atoms with Crippen LogP contribution in [0.2, 0.25) is 5.02 Å². The lowest BCUT2D eigenvalue weighted by molar-refractivity contribution is -0.126. The van der Waals surface area contributed by atoms with Gasteiger partial charge in [0, 0.05) is 23.7 Å². The molecule has 1 atom stereocenters. The Hall–Kier alpha value is -3.65. The molecule has 0 aliphatic carbocycles. The fourth-order valence-corrected chi connectivity index (χ4v) is 3.55. The highest BCUT2D eigenvalue weighted by Crippen LogP contribution is 2.29. The first kappa shape index (κ1) is 20.6. The van der Waals surface area contributed by atoms with Gasteiger partial charge in [-0.2, -0.15) is 4.98 Å². The molecule has 9 heteroatoms. The molecule has 0 radical (unpaired) electrons. The van der Waals surface area contributed by atoms with E-state index in [1.807, 2.05) is 30.3 Å². The molecular formula is C22H20ClN5O3. The van der Waals surface area contributed by atoms with E-state index in [2.05, 4.69) is 25.9 Å². The first-order valence-electron chi connectivity index (χ1n) is 9.78. The number of aromatic amines is 1. The second kappa shape index (κ2) is 9.01. The number of fused-ring (bicyclic) bond motifs is 1. The summed E-state index contributed by atoms with van der Waals surface area (Å²) in [5, 5.41) is 8.94. The molecule has 1 aliphatic rings. The highest BCUT2D eigenvalue weighted by atomic mass is 35.5. The molecule has 2 amide bonds. The van der Waals surface area contributed by atoms with Crippen LogP contribution in [0.1, 0.15) is 23.5 Å². The fraction of sp³-hybridized carbons (Fsp3) is 0.182. The molecule has 2 heterocycles. The summed E-state index contributed by atoms with van der Waals surface area (Å²) in [7, 11) is 0. The standard InChI is InChI=1S/C22H20ClN5O3/c23-14-6-8-15(9-7-14)25-22-27-19-18(21(31)28-22)16(12-17(29)26-19)20(30)24-11-10-13-4-2-1-3-5-13/h1-9,16H,10-12H2,(H,24,30)(H3,25,26,27,28,29,31)/t16-/m1/s1. The van der Waals surface area contributed by atoms with Crippen molar-refractivity contribution >= 4 is 40.9 Å². The molecule has 4 rings (SSSR count). The van der Waals surface area contributed by atoms with E-state index >= 15 is 0 Å². The van der Waals surface area contributed by atoms with Gasteiger partial charge in [-0.05, 0) is 36.2 Å². The van der Waals surface area contributed by atoms with Crippen LogP contribution in [0.15, 0.2) is 59.4 Å². The lowest BCUT2D eigenvalue weighted by atomic mass is 9.92. The predicted octanol–water partition coefficient (Wildman–Crippen LogP) is 2.95. The normalized spacial score (nSPS) is 15.0. The average molecular weight is 438 g/mol. The third-order valence-electron chi connectivity index (χ3n) is 4.93. The molecule has 2 aromatic carbocycles. The monoisotopic (exact) mass is 437 g/mol. The molecule has 31 heavy (non-hydrogen) atoms. The summed E-state index contributed by atoms with van der Waals surface area (Å²) in [6, 6.07) is 16.6. The number of nitrogens with zero attached hydrogens (tertiary/aromatic N) is 1. The lowest BCUT2D eigenvalue weighted by Crippen LogP contribution is -2.39. The SMILES string of the molecule is O=C1C[C@@H](C(=O)NCCc2ccccc2)c2c(nc(Nc3ccc(Cl)cc3)[nH]c2=O)N1.